The molecule has 0 saturated carbocycles. The van der Waals surface area contributed by atoms with E-state index in [2.05, 4.69) is 34.0 Å². The summed E-state index contributed by atoms with van der Waals surface area (Å²) in [5.41, 5.74) is 1.19. The van der Waals surface area contributed by atoms with Crippen molar-refractivity contribution in [3.05, 3.63) is 11.9 Å². The Kier molecular flexibility index (Phi) is 4.58. The Bertz CT molecular complexity index is 414. The number of aliphatic hydroxyl groups is 1. The molecule has 106 valence electrons. The van der Waals surface area contributed by atoms with Gasteiger partial charge in [-0.1, -0.05) is 13.8 Å². The van der Waals surface area contributed by atoms with Gasteiger partial charge in [0.1, 0.15) is 18.0 Å². The lowest BCUT2D eigenvalue weighted by Crippen LogP contribution is -2.36. The van der Waals surface area contributed by atoms with Crippen molar-refractivity contribution in [1.29, 1.82) is 0 Å². The maximum atomic E-state index is 9.22. The number of hydrogen-bond donors (Lipinski definition) is 2. The van der Waals surface area contributed by atoms with E-state index in [4.69, 9.17) is 0 Å². The highest BCUT2D eigenvalue weighted by molar-refractivity contribution is 5.60. The minimum Gasteiger partial charge on any atom is -0.396 e. The van der Waals surface area contributed by atoms with E-state index in [1.165, 1.54) is 5.56 Å². The van der Waals surface area contributed by atoms with Crippen molar-refractivity contribution in [3.63, 3.8) is 0 Å². The fraction of sp³-hybridized carbons (Fsp3) is 0.714. The number of aliphatic hydroxyl groups excluding tert-OH is 1. The van der Waals surface area contributed by atoms with Gasteiger partial charge in [0.2, 0.25) is 0 Å². The molecular formula is C14H24N4O. The molecule has 0 spiro atoms. The van der Waals surface area contributed by atoms with Gasteiger partial charge in [0.15, 0.2) is 0 Å². The van der Waals surface area contributed by atoms with E-state index in [9.17, 15) is 5.11 Å². The van der Waals surface area contributed by atoms with E-state index < -0.39 is 0 Å². The standard InChI is InChI=1S/C14H24N4O/c1-10(2)12-13(15-3)16-9-17-14(12)18-6-4-11(8-19)5-7-18/h9-11,19H,4-8H2,1-3H3,(H,15,16,17). The SMILES string of the molecule is CNc1ncnc(N2CCC(CO)CC2)c1C(C)C. The van der Waals surface area contributed by atoms with Crippen molar-refractivity contribution >= 4 is 11.6 Å². The second kappa shape index (κ2) is 6.19. The molecule has 1 fully saturated rings. The Hall–Kier alpha value is -1.36. The topological polar surface area (TPSA) is 61.3 Å². The molecule has 2 heterocycles. The summed E-state index contributed by atoms with van der Waals surface area (Å²) in [6.45, 7) is 6.57. The Morgan fingerprint density at radius 1 is 1.37 bits per heavy atom. The number of anilines is 2. The molecule has 19 heavy (non-hydrogen) atoms. The molecule has 2 rings (SSSR count). The van der Waals surface area contributed by atoms with E-state index >= 15 is 0 Å². The third-order valence-corrected chi connectivity index (χ3v) is 3.85. The number of nitrogens with zero attached hydrogens (tertiary/aromatic N) is 3. The van der Waals surface area contributed by atoms with Gasteiger partial charge >= 0.3 is 0 Å². The van der Waals surface area contributed by atoms with Gasteiger partial charge in [-0.3, -0.25) is 0 Å². The average Bonchev–Trinajstić information content (AvgIpc) is 2.46. The highest BCUT2D eigenvalue weighted by Crippen LogP contribution is 2.32. The predicted octanol–water partition coefficient (Wildman–Crippen LogP) is 1.85. The summed E-state index contributed by atoms with van der Waals surface area (Å²) in [7, 11) is 1.90. The minimum absolute atomic E-state index is 0.302. The monoisotopic (exact) mass is 264 g/mol. The van der Waals surface area contributed by atoms with Gasteiger partial charge in [-0.25, -0.2) is 9.97 Å². The van der Waals surface area contributed by atoms with Crippen LogP contribution in [0.4, 0.5) is 11.6 Å². The van der Waals surface area contributed by atoms with Crippen LogP contribution in [0.2, 0.25) is 0 Å². The summed E-state index contributed by atoms with van der Waals surface area (Å²) in [6, 6.07) is 0. The summed E-state index contributed by atoms with van der Waals surface area (Å²) in [5, 5.41) is 12.4. The molecule has 0 atom stereocenters. The van der Waals surface area contributed by atoms with Crippen LogP contribution in [0.1, 0.15) is 38.2 Å². The summed E-state index contributed by atoms with van der Waals surface area (Å²) < 4.78 is 0. The summed E-state index contributed by atoms with van der Waals surface area (Å²) in [5.74, 6) is 2.80. The van der Waals surface area contributed by atoms with Crippen molar-refractivity contribution in [2.45, 2.75) is 32.6 Å². The van der Waals surface area contributed by atoms with Gasteiger partial charge in [-0.05, 0) is 24.7 Å². The number of nitrogens with one attached hydrogen (secondary N) is 1. The first-order chi connectivity index (χ1) is 9.17. The summed E-state index contributed by atoms with van der Waals surface area (Å²) in [4.78, 5) is 11.1. The van der Waals surface area contributed by atoms with Gasteiger partial charge in [0.05, 0.1) is 0 Å². The van der Waals surface area contributed by atoms with E-state index in [0.29, 0.717) is 18.4 Å². The van der Waals surface area contributed by atoms with E-state index in [-0.39, 0.29) is 0 Å². The number of hydrogen-bond acceptors (Lipinski definition) is 5. The number of rotatable bonds is 4. The van der Waals surface area contributed by atoms with Crippen LogP contribution >= 0.6 is 0 Å². The van der Waals surface area contributed by atoms with Crippen molar-refractivity contribution < 1.29 is 5.11 Å². The van der Waals surface area contributed by atoms with Crippen LogP contribution in [0.15, 0.2) is 6.33 Å². The molecule has 0 aliphatic carbocycles. The maximum Gasteiger partial charge on any atom is 0.137 e. The molecule has 2 N–H and O–H groups in total. The van der Waals surface area contributed by atoms with Crippen molar-refractivity contribution in [1.82, 2.24) is 9.97 Å². The molecule has 5 heteroatoms. The van der Waals surface area contributed by atoms with Crippen LogP contribution in [0.25, 0.3) is 0 Å². The van der Waals surface area contributed by atoms with Crippen molar-refractivity contribution in [2.75, 3.05) is 37.0 Å². The van der Waals surface area contributed by atoms with E-state index in [1.54, 1.807) is 6.33 Å². The lowest BCUT2D eigenvalue weighted by Gasteiger charge is -2.34. The van der Waals surface area contributed by atoms with Crippen LogP contribution in [0.3, 0.4) is 0 Å². The molecule has 1 aromatic rings. The highest BCUT2D eigenvalue weighted by atomic mass is 16.3. The fourth-order valence-electron chi connectivity index (χ4n) is 2.70. The fourth-order valence-corrected chi connectivity index (χ4v) is 2.70. The third-order valence-electron chi connectivity index (χ3n) is 3.85. The Morgan fingerprint density at radius 3 is 2.58 bits per heavy atom. The van der Waals surface area contributed by atoms with Gasteiger partial charge in [-0.15, -0.1) is 0 Å². The Labute approximate surface area is 115 Å². The van der Waals surface area contributed by atoms with E-state index in [0.717, 1.165) is 37.6 Å². The lowest BCUT2D eigenvalue weighted by molar-refractivity contribution is 0.202. The molecule has 5 nitrogen and oxygen atoms in total. The first kappa shape index (κ1) is 14.1. The van der Waals surface area contributed by atoms with Gasteiger partial charge in [0, 0.05) is 32.3 Å². The molecule has 0 bridgehead atoms. The van der Waals surface area contributed by atoms with Gasteiger partial charge < -0.3 is 15.3 Å². The number of piperidine rings is 1. The van der Waals surface area contributed by atoms with Crippen molar-refractivity contribution in [2.24, 2.45) is 5.92 Å². The Balaban J connectivity index is 2.25. The second-order valence-electron chi connectivity index (χ2n) is 5.48. The predicted molar refractivity (Wildman–Crippen MR) is 77.7 cm³/mol. The molecular weight excluding hydrogens is 240 g/mol. The van der Waals surface area contributed by atoms with Gasteiger partial charge in [-0.2, -0.15) is 0 Å². The largest absolute Gasteiger partial charge is 0.396 e. The Morgan fingerprint density at radius 2 is 2.05 bits per heavy atom. The summed E-state index contributed by atoms with van der Waals surface area (Å²) in [6.07, 6.45) is 3.70. The molecule has 1 aromatic heterocycles. The molecule has 0 unspecified atom stereocenters. The zero-order chi connectivity index (χ0) is 13.8. The quantitative estimate of drug-likeness (QED) is 0.869. The zero-order valence-corrected chi connectivity index (χ0v) is 12.1. The third kappa shape index (κ3) is 2.97. The molecule has 1 aliphatic heterocycles. The zero-order valence-electron chi connectivity index (χ0n) is 12.1. The van der Waals surface area contributed by atoms with Crippen LogP contribution in [0.5, 0.6) is 0 Å². The second-order valence-corrected chi connectivity index (χ2v) is 5.48. The molecule has 1 saturated heterocycles. The summed E-state index contributed by atoms with van der Waals surface area (Å²) >= 11 is 0. The van der Waals surface area contributed by atoms with Crippen molar-refractivity contribution in [3.8, 4) is 0 Å². The van der Waals surface area contributed by atoms with Crippen LogP contribution in [0, 0.1) is 5.92 Å². The minimum atomic E-state index is 0.302. The van der Waals surface area contributed by atoms with Crippen LogP contribution in [-0.2, 0) is 0 Å². The first-order valence-corrected chi connectivity index (χ1v) is 7.05. The average molecular weight is 264 g/mol. The van der Waals surface area contributed by atoms with Crippen LogP contribution < -0.4 is 10.2 Å². The van der Waals surface area contributed by atoms with Crippen LogP contribution in [-0.4, -0.2) is 41.8 Å². The molecule has 1 aliphatic rings. The van der Waals surface area contributed by atoms with E-state index in [1.807, 2.05) is 7.05 Å². The lowest BCUT2D eigenvalue weighted by atomic mass is 9.96. The molecule has 0 aromatic carbocycles. The normalized spacial score (nSPS) is 17.0. The molecule has 0 radical (unpaired) electrons. The maximum absolute atomic E-state index is 9.22. The first-order valence-electron chi connectivity index (χ1n) is 7.05. The molecule has 0 amide bonds. The smallest absolute Gasteiger partial charge is 0.137 e. The van der Waals surface area contributed by atoms with Gasteiger partial charge in [0.25, 0.3) is 0 Å². The highest BCUT2D eigenvalue weighted by Gasteiger charge is 2.24. The number of aromatic nitrogens is 2.